The predicted molar refractivity (Wildman–Crippen MR) is 192 cm³/mol. The van der Waals surface area contributed by atoms with E-state index in [9.17, 15) is 0 Å². The molecule has 218 valence electrons. The third kappa shape index (κ3) is 3.98. The fraction of sp³-hybridized carbons (Fsp3) is 0. The Kier molecular flexibility index (Phi) is 5.54. The van der Waals surface area contributed by atoms with Gasteiger partial charge in [0.05, 0.1) is 11.0 Å². The van der Waals surface area contributed by atoms with Crippen molar-refractivity contribution in [2.45, 2.75) is 0 Å². The van der Waals surface area contributed by atoms with Crippen molar-refractivity contribution >= 4 is 32.6 Å². The molecule has 2 heterocycles. The molecule has 0 radical (unpaired) electrons. The van der Waals surface area contributed by atoms with E-state index in [2.05, 4.69) is 144 Å². The highest BCUT2D eigenvalue weighted by Crippen LogP contribution is 2.48. The van der Waals surface area contributed by atoms with Gasteiger partial charge in [-0.15, -0.1) is 0 Å². The van der Waals surface area contributed by atoms with Crippen LogP contribution in [0.1, 0.15) is 0 Å². The molecular weight excluding hydrogens is 573 g/mol. The molecule has 47 heavy (non-hydrogen) atoms. The fourth-order valence-electron chi connectivity index (χ4n) is 7.28. The molecule has 4 nitrogen and oxygen atoms in total. The van der Waals surface area contributed by atoms with E-state index in [4.69, 9.17) is 15.0 Å². The van der Waals surface area contributed by atoms with Crippen LogP contribution in [-0.4, -0.2) is 19.5 Å². The average molecular weight is 599 g/mol. The smallest absolute Gasteiger partial charge is 0.164 e. The first-order valence-corrected chi connectivity index (χ1v) is 15.9. The Bertz CT molecular complexity index is 2630. The lowest BCUT2D eigenvalue weighted by Gasteiger charge is -2.12. The summed E-state index contributed by atoms with van der Waals surface area (Å²) in [4.78, 5) is 15.3. The summed E-state index contributed by atoms with van der Waals surface area (Å²) in [5.74, 6) is 1.95. The summed E-state index contributed by atoms with van der Waals surface area (Å²) in [6.07, 6.45) is 0. The van der Waals surface area contributed by atoms with Gasteiger partial charge in [-0.2, -0.15) is 0 Å². The summed E-state index contributed by atoms with van der Waals surface area (Å²) in [6.45, 7) is 0. The highest BCUT2D eigenvalue weighted by molar-refractivity contribution is 6.16. The Morgan fingerprint density at radius 1 is 0.362 bits per heavy atom. The van der Waals surface area contributed by atoms with Gasteiger partial charge in [-0.25, -0.2) is 15.0 Å². The van der Waals surface area contributed by atoms with Crippen LogP contribution in [0.2, 0.25) is 0 Å². The molecule has 9 aromatic rings. The quantitative estimate of drug-likeness (QED) is 0.202. The molecule has 0 unspecified atom stereocenters. The number of nitrogens with zero attached hydrogens (tertiary/aromatic N) is 4. The van der Waals surface area contributed by atoms with Gasteiger partial charge in [0, 0.05) is 33.2 Å². The third-order valence-corrected chi connectivity index (χ3v) is 9.35. The highest BCUT2D eigenvalue weighted by Gasteiger charge is 2.23. The first-order valence-electron chi connectivity index (χ1n) is 15.9. The second kappa shape index (κ2) is 10.1. The highest BCUT2D eigenvalue weighted by atomic mass is 15.0. The monoisotopic (exact) mass is 598 g/mol. The van der Waals surface area contributed by atoms with Crippen molar-refractivity contribution in [3.05, 3.63) is 158 Å². The van der Waals surface area contributed by atoms with Gasteiger partial charge in [0.15, 0.2) is 17.5 Å². The first-order chi connectivity index (χ1) is 23.3. The van der Waals surface area contributed by atoms with E-state index in [0.717, 1.165) is 22.4 Å². The maximum Gasteiger partial charge on any atom is 0.164 e. The van der Waals surface area contributed by atoms with E-state index < -0.39 is 0 Å². The van der Waals surface area contributed by atoms with E-state index in [-0.39, 0.29) is 0 Å². The number of benzene rings is 7. The summed E-state index contributed by atoms with van der Waals surface area (Å²) in [5, 5.41) is 4.93. The van der Waals surface area contributed by atoms with E-state index in [1.165, 1.54) is 54.8 Å². The maximum absolute atomic E-state index is 5.17. The summed E-state index contributed by atoms with van der Waals surface area (Å²) < 4.78 is 2.33. The molecule has 0 amide bonds. The van der Waals surface area contributed by atoms with Gasteiger partial charge in [0.25, 0.3) is 0 Å². The van der Waals surface area contributed by atoms with Crippen LogP contribution in [0.5, 0.6) is 0 Å². The van der Waals surface area contributed by atoms with Crippen molar-refractivity contribution in [1.29, 1.82) is 0 Å². The van der Waals surface area contributed by atoms with E-state index in [0.29, 0.717) is 17.5 Å². The first kappa shape index (κ1) is 25.9. The van der Waals surface area contributed by atoms with Crippen molar-refractivity contribution in [2.24, 2.45) is 0 Å². The average Bonchev–Trinajstić information content (AvgIpc) is 3.66. The molecule has 1 aliphatic rings. The summed E-state index contributed by atoms with van der Waals surface area (Å²) >= 11 is 0. The Morgan fingerprint density at radius 2 is 0.915 bits per heavy atom. The van der Waals surface area contributed by atoms with Gasteiger partial charge in [0.2, 0.25) is 0 Å². The van der Waals surface area contributed by atoms with Crippen molar-refractivity contribution in [3.63, 3.8) is 0 Å². The largest absolute Gasteiger partial charge is 0.309 e. The molecule has 0 bridgehead atoms. The van der Waals surface area contributed by atoms with Gasteiger partial charge in [-0.05, 0) is 69.4 Å². The van der Waals surface area contributed by atoms with Crippen molar-refractivity contribution in [1.82, 2.24) is 19.5 Å². The number of fused-ring (bicyclic) bond motifs is 6. The van der Waals surface area contributed by atoms with Crippen LogP contribution in [0.25, 0.3) is 94.7 Å². The molecule has 0 aliphatic heterocycles. The lowest BCUT2D eigenvalue weighted by atomic mass is 9.99. The second-order valence-corrected chi connectivity index (χ2v) is 12.1. The minimum atomic E-state index is 0.641. The number of hydrogen-bond donors (Lipinski definition) is 0. The van der Waals surface area contributed by atoms with Crippen LogP contribution >= 0.6 is 0 Å². The molecule has 4 heteroatoms. The van der Waals surface area contributed by atoms with E-state index >= 15 is 0 Å². The zero-order chi connectivity index (χ0) is 30.9. The minimum absolute atomic E-state index is 0.641. The Balaban J connectivity index is 1.19. The second-order valence-electron chi connectivity index (χ2n) is 12.1. The fourth-order valence-corrected chi connectivity index (χ4v) is 7.28. The van der Waals surface area contributed by atoms with Gasteiger partial charge in [0.1, 0.15) is 0 Å². The van der Waals surface area contributed by atoms with Gasteiger partial charge in [-0.3, -0.25) is 0 Å². The molecular formula is C43H26N4. The Labute approximate surface area is 271 Å². The zero-order valence-electron chi connectivity index (χ0n) is 25.3. The Morgan fingerprint density at radius 3 is 1.66 bits per heavy atom. The van der Waals surface area contributed by atoms with Gasteiger partial charge >= 0.3 is 0 Å². The summed E-state index contributed by atoms with van der Waals surface area (Å²) in [5.41, 5.74) is 11.3. The predicted octanol–water partition coefficient (Wildman–Crippen LogP) is 10.8. The van der Waals surface area contributed by atoms with E-state index in [1.807, 2.05) is 18.2 Å². The molecule has 0 spiro atoms. The molecule has 10 rings (SSSR count). The van der Waals surface area contributed by atoms with E-state index in [1.54, 1.807) is 0 Å². The van der Waals surface area contributed by atoms with Crippen LogP contribution in [0, 0.1) is 0 Å². The molecule has 0 atom stereocenters. The number of aromatic nitrogens is 4. The Hall–Kier alpha value is -6.39. The zero-order valence-corrected chi connectivity index (χ0v) is 25.3. The van der Waals surface area contributed by atoms with Gasteiger partial charge < -0.3 is 4.57 Å². The standard InChI is InChI=1S/C43H26N4/c1-2-12-27(13-3-1)41-44-42(29-15-10-16-31(25-29)47-38-22-8-6-19-34(38)35-20-7-9-23-39(35)47)46-43(45-41)30-24-28-14-11-21-36-32-17-4-5-18-33(32)37(26-30)40(28)36/h1-26H. The van der Waals surface area contributed by atoms with Crippen LogP contribution in [0.15, 0.2) is 158 Å². The number of rotatable bonds is 4. The van der Waals surface area contributed by atoms with Crippen LogP contribution < -0.4 is 0 Å². The number of hydrogen-bond acceptors (Lipinski definition) is 3. The summed E-state index contributed by atoms with van der Waals surface area (Å²) in [7, 11) is 0. The molecule has 0 saturated heterocycles. The lowest BCUT2D eigenvalue weighted by Crippen LogP contribution is -2.01. The van der Waals surface area contributed by atoms with Crippen LogP contribution in [0.3, 0.4) is 0 Å². The minimum Gasteiger partial charge on any atom is -0.309 e. The molecule has 0 fully saturated rings. The summed E-state index contributed by atoms with van der Waals surface area (Å²) in [6, 6.07) is 55.5. The maximum atomic E-state index is 5.17. The number of para-hydroxylation sites is 2. The molecule has 7 aromatic carbocycles. The van der Waals surface area contributed by atoms with Crippen LogP contribution in [0.4, 0.5) is 0 Å². The molecule has 2 aromatic heterocycles. The van der Waals surface area contributed by atoms with Crippen LogP contribution in [-0.2, 0) is 0 Å². The van der Waals surface area contributed by atoms with Crippen molar-refractivity contribution in [2.75, 3.05) is 0 Å². The normalized spacial score (nSPS) is 11.8. The lowest BCUT2D eigenvalue weighted by molar-refractivity contribution is 1.07. The SMILES string of the molecule is c1ccc(-c2nc(-c3cccc(-n4c5ccccc5c5ccccc54)c3)nc(-c3cc4c5c(cccc5c3)-c3ccccc3-4)n2)cc1. The molecule has 1 aliphatic carbocycles. The third-order valence-electron chi connectivity index (χ3n) is 9.35. The van der Waals surface area contributed by atoms with Crippen molar-refractivity contribution in [3.8, 4) is 62.1 Å². The molecule has 0 saturated carbocycles. The topological polar surface area (TPSA) is 43.6 Å². The van der Waals surface area contributed by atoms with Crippen molar-refractivity contribution < 1.29 is 0 Å². The van der Waals surface area contributed by atoms with Gasteiger partial charge in [-0.1, -0.05) is 121 Å². The molecule has 0 N–H and O–H groups in total.